The number of alkyl halides is 3. The van der Waals surface area contributed by atoms with Crippen LogP contribution in [0.3, 0.4) is 0 Å². The Kier molecular flexibility index (Phi) is 4.94. The number of benzene rings is 1. The number of sulfonamides is 1. The molecule has 1 aromatic carbocycles. The third kappa shape index (κ3) is 3.48. The lowest BCUT2D eigenvalue weighted by molar-refractivity contribution is -0.137. The first kappa shape index (κ1) is 20.5. The van der Waals surface area contributed by atoms with Gasteiger partial charge in [0.1, 0.15) is 0 Å². The number of aromatic carboxylic acids is 1. The molecule has 2 heterocycles. The number of hydrogen-bond donors (Lipinski definition) is 1. The van der Waals surface area contributed by atoms with E-state index < -0.39 is 50.7 Å². The lowest BCUT2D eigenvalue weighted by Gasteiger charge is -2.26. The van der Waals surface area contributed by atoms with Crippen LogP contribution in [-0.4, -0.2) is 45.6 Å². The zero-order valence-corrected chi connectivity index (χ0v) is 15.9. The maximum Gasteiger partial charge on any atom is 0.418 e. The van der Waals surface area contributed by atoms with Crippen LogP contribution in [0.2, 0.25) is 0 Å². The number of anilines is 1. The van der Waals surface area contributed by atoms with Gasteiger partial charge in [0.05, 0.1) is 16.8 Å². The summed E-state index contributed by atoms with van der Waals surface area (Å²) in [7, 11) is -4.73. The molecule has 0 unspecified atom stereocenters. The minimum absolute atomic E-state index is 0.0674. The van der Waals surface area contributed by atoms with Crippen molar-refractivity contribution in [2.24, 2.45) is 0 Å². The number of fused-ring (bicyclic) bond motifs is 1. The van der Waals surface area contributed by atoms with Gasteiger partial charge < -0.3 is 5.11 Å². The summed E-state index contributed by atoms with van der Waals surface area (Å²) in [5, 5.41) is 12.4. The molecule has 0 aliphatic carbocycles. The summed E-state index contributed by atoms with van der Waals surface area (Å²) in [5.74, 6) is -1.78. The summed E-state index contributed by atoms with van der Waals surface area (Å²) >= 11 is 0. The molecule has 0 aliphatic heterocycles. The van der Waals surface area contributed by atoms with E-state index in [2.05, 4.69) is 15.1 Å². The summed E-state index contributed by atoms with van der Waals surface area (Å²) < 4.78 is 68.3. The Labute approximate surface area is 162 Å². The maximum atomic E-state index is 13.5. The molecule has 0 spiro atoms. The van der Waals surface area contributed by atoms with E-state index in [1.807, 2.05) is 0 Å². The summed E-state index contributed by atoms with van der Waals surface area (Å²) in [6, 6.07) is 3.94. The van der Waals surface area contributed by atoms with E-state index in [-0.39, 0.29) is 5.78 Å². The van der Waals surface area contributed by atoms with Crippen molar-refractivity contribution in [1.82, 2.24) is 19.6 Å². The highest BCUT2D eigenvalue weighted by Gasteiger charge is 2.41. The predicted molar refractivity (Wildman–Crippen MR) is 94.1 cm³/mol. The summed E-state index contributed by atoms with van der Waals surface area (Å²) in [5.41, 5.74) is -2.73. The Morgan fingerprint density at radius 1 is 1.28 bits per heavy atom. The summed E-state index contributed by atoms with van der Waals surface area (Å²) in [6.45, 7) is 2.39. The average molecular weight is 429 g/mol. The van der Waals surface area contributed by atoms with E-state index in [9.17, 15) is 31.5 Å². The zero-order valence-electron chi connectivity index (χ0n) is 15.0. The summed E-state index contributed by atoms with van der Waals surface area (Å²) in [4.78, 5) is 19.2. The van der Waals surface area contributed by atoms with Crippen LogP contribution in [0.15, 0.2) is 35.6 Å². The fourth-order valence-corrected chi connectivity index (χ4v) is 4.11. The van der Waals surface area contributed by atoms with E-state index in [1.54, 1.807) is 6.92 Å². The Hall–Kier alpha value is -3.22. The monoisotopic (exact) mass is 429 g/mol. The van der Waals surface area contributed by atoms with Gasteiger partial charge in [-0.1, -0.05) is 6.07 Å². The number of rotatable bonds is 5. The molecule has 0 aliphatic rings. The average Bonchev–Trinajstić information content (AvgIpc) is 3.08. The lowest BCUT2D eigenvalue weighted by atomic mass is 10.1. The van der Waals surface area contributed by atoms with Crippen molar-refractivity contribution in [1.29, 1.82) is 0 Å². The first-order chi connectivity index (χ1) is 13.5. The molecule has 13 heteroatoms. The molecule has 0 fully saturated rings. The summed E-state index contributed by atoms with van der Waals surface area (Å²) in [6.07, 6.45) is -3.62. The van der Waals surface area contributed by atoms with Crippen LogP contribution in [-0.2, 0) is 16.2 Å². The molecule has 1 N–H and O–H groups in total. The second-order valence-corrected chi connectivity index (χ2v) is 7.62. The SMILES string of the molecule is CCN(c1c(C(=O)O)cccc1C(F)(F)F)S(=O)(=O)c1nc2nccc(C)n2n1. The van der Waals surface area contributed by atoms with Crippen molar-refractivity contribution in [3.05, 3.63) is 47.3 Å². The van der Waals surface area contributed by atoms with E-state index in [4.69, 9.17) is 0 Å². The van der Waals surface area contributed by atoms with E-state index >= 15 is 0 Å². The topological polar surface area (TPSA) is 118 Å². The second-order valence-electron chi connectivity index (χ2n) is 5.87. The minimum atomic E-state index is -4.99. The van der Waals surface area contributed by atoms with Gasteiger partial charge in [-0.05, 0) is 32.0 Å². The molecule has 0 amide bonds. The fourth-order valence-electron chi connectivity index (χ4n) is 2.76. The molecule has 0 radical (unpaired) electrons. The molecule has 0 bridgehead atoms. The maximum absolute atomic E-state index is 13.5. The van der Waals surface area contributed by atoms with Crippen molar-refractivity contribution in [3.8, 4) is 0 Å². The highest BCUT2D eigenvalue weighted by atomic mass is 32.2. The number of aryl methyl sites for hydroxylation is 1. The van der Waals surface area contributed by atoms with Crippen molar-refractivity contribution in [3.63, 3.8) is 0 Å². The molecule has 2 aromatic heterocycles. The molecule has 0 saturated carbocycles. The Balaban J connectivity index is 2.28. The molecular formula is C16H14F3N5O4S. The van der Waals surface area contributed by atoms with Crippen LogP contribution in [0, 0.1) is 6.92 Å². The van der Waals surface area contributed by atoms with Gasteiger partial charge in [-0.2, -0.15) is 26.6 Å². The van der Waals surface area contributed by atoms with Gasteiger partial charge in [0.15, 0.2) is 0 Å². The van der Waals surface area contributed by atoms with Gasteiger partial charge in [0.2, 0.25) is 0 Å². The van der Waals surface area contributed by atoms with E-state index in [1.165, 1.54) is 19.2 Å². The van der Waals surface area contributed by atoms with Gasteiger partial charge in [-0.3, -0.25) is 4.31 Å². The molecule has 154 valence electrons. The van der Waals surface area contributed by atoms with Crippen LogP contribution in [0.5, 0.6) is 0 Å². The highest BCUT2D eigenvalue weighted by molar-refractivity contribution is 7.92. The molecule has 3 rings (SSSR count). The lowest BCUT2D eigenvalue weighted by Crippen LogP contribution is -2.35. The van der Waals surface area contributed by atoms with Crippen molar-refractivity contribution >= 4 is 27.5 Å². The van der Waals surface area contributed by atoms with Gasteiger partial charge in [-0.15, -0.1) is 5.10 Å². The number of para-hydroxylation sites is 1. The highest BCUT2D eigenvalue weighted by Crippen LogP contribution is 2.40. The smallest absolute Gasteiger partial charge is 0.418 e. The van der Waals surface area contributed by atoms with Crippen molar-refractivity contribution in [2.75, 3.05) is 10.8 Å². The molecule has 3 aromatic rings. The number of carboxylic acid groups (broad SMARTS) is 1. The van der Waals surface area contributed by atoms with Crippen LogP contribution in [0.4, 0.5) is 18.9 Å². The zero-order chi connectivity index (χ0) is 21.6. The molecule has 0 saturated heterocycles. The standard InChI is InChI=1S/C16H14F3N5O4S/c1-3-23(12-10(13(25)26)5-4-6-11(12)16(17,18)19)29(27,28)15-21-14-20-8-7-9(2)24(14)22-15/h4-8H,3H2,1-2H3,(H,25,26). The first-order valence-electron chi connectivity index (χ1n) is 8.13. The number of hydrogen-bond acceptors (Lipinski definition) is 6. The van der Waals surface area contributed by atoms with E-state index in [0.29, 0.717) is 16.1 Å². The number of aromatic nitrogens is 4. The Morgan fingerprint density at radius 2 is 1.97 bits per heavy atom. The first-order valence-corrected chi connectivity index (χ1v) is 9.57. The van der Waals surface area contributed by atoms with Crippen LogP contribution >= 0.6 is 0 Å². The molecule has 9 nitrogen and oxygen atoms in total. The normalized spacial score (nSPS) is 12.3. The van der Waals surface area contributed by atoms with Gasteiger partial charge in [0.25, 0.3) is 10.9 Å². The van der Waals surface area contributed by atoms with Crippen LogP contribution in [0.1, 0.15) is 28.5 Å². The third-order valence-corrected chi connectivity index (χ3v) is 5.70. The number of carboxylic acids is 1. The quantitative estimate of drug-likeness (QED) is 0.662. The minimum Gasteiger partial charge on any atom is -0.478 e. The van der Waals surface area contributed by atoms with Crippen molar-refractivity contribution in [2.45, 2.75) is 25.2 Å². The van der Waals surface area contributed by atoms with Crippen LogP contribution in [0.25, 0.3) is 5.78 Å². The number of carbonyl (C=O) groups is 1. The molecule has 0 atom stereocenters. The number of halogens is 3. The number of nitrogens with zero attached hydrogens (tertiary/aromatic N) is 5. The molecule has 29 heavy (non-hydrogen) atoms. The van der Waals surface area contributed by atoms with E-state index in [0.717, 1.165) is 16.6 Å². The van der Waals surface area contributed by atoms with Crippen LogP contribution < -0.4 is 4.31 Å². The largest absolute Gasteiger partial charge is 0.478 e. The van der Waals surface area contributed by atoms with Gasteiger partial charge in [0, 0.05) is 18.4 Å². The Morgan fingerprint density at radius 3 is 2.52 bits per heavy atom. The second kappa shape index (κ2) is 6.99. The fraction of sp³-hybridized carbons (Fsp3) is 0.250. The third-order valence-electron chi connectivity index (χ3n) is 4.04. The Bertz CT molecular complexity index is 1210. The predicted octanol–water partition coefficient (Wildman–Crippen LogP) is 2.36. The van der Waals surface area contributed by atoms with Gasteiger partial charge in [-0.25, -0.2) is 14.3 Å². The van der Waals surface area contributed by atoms with Gasteiger partial charge >= 0.3 is 22.2 Å². The molecular weight excluding hydrogens is 415 g/mol. The van der Waals surface area contributed by atoms with Crippen molar-refractivity contribution < 1.29 is 31.5 Å².